The number of aryl methyl sites for hydroxylation is 2. The molecule has 3 aromatic carbocycles. The second-order valence-corrected chi connectivity index (χ2v) is 10.2. The second-order valence-electron chi connectivity index (χ2n) is 10.2. The molecule has 0 bridgehead atoms. The lowest BCUT2D eigenvalue weighted by atomic mass is 9.96. The molecule has 0 aliphatic heterocycles. The van der Waals surface area contributed by atoms with Crippen LogP contribution in [0.15, 0.2) is 60.7 Å². The Kier molecular flexibility index (Phi) is 12.2. The third kappa shape index (κ3) is 8.87. The largest absolute Gasteiger partial charge is 0.206 e. The number of hydrogen-bond acceptors (Lipinski definition) is 0. The normalized spacial score (nSPS) is 11.2. The molecule has 2 heteroatoms. The monoisotopic (exact) mass is 490 g/mol. The van der Waals surface area contributed by atoms with Crippen LogP contribution in [0.25, 0.3) is 22.3 Å². The molecule has 0 atom stereocenters. The second kappa shape index (κ2) is 15.6. The Morgan fingerprint density at radius 3 is 1.47 bits per heavy atom. The number of unbranched alkanes of at least 4 members (excludes halogenated alkanes) is 10. The Bertz CT molecular complexity index is 1040. The molecule has 0 aliphatic rings. The maximum absolute atomic E-state index is 15.0. The van der Waals surface area contributed by atoms with Gasteiger partial charge >= 0.3 is 0 Å². The first kappa shape index (κ1) is 28.1. The third-order valence-corrected chi connectivity index (χ3v) is 7.22. The van der Waals surface area contributed by atoms with Crippen molar-refractivity contribution in [2.24, 2.45) is 0 Å². The average molecular weight is 491 g/mol. The van der Waals surface area contributed by atoms with Gasteiger partial charge in [-0.3, -0.25) is 0 Å². The van der Waals surface area contributed by atoms with Crippen LogP contribution in [0.2, 0.25) is 0 Å². The first-order valence-corrected chi connectivity index (χ1v) is 14.3. The van der Waals surface area contributed by atoms with Gasteiger partial charge in [-0.25, -0.2) is 8.78 Å². The van der Waals surface area contributed by atoms with Crippen LogP contribution in [-0.2, 0) is 12.8 Å². The summed E-state index contributed by atoms with van der Waals surface area (Å²) in [5.74, 6) is -0.586. The van der Waals surface area contributed by atoms with Crippen molar-refractivity contribution in [1.82, 2.24) is 0 Å². The topological polar surface area (TPSA) is 0 Å². The minimum absolute atomic E-state index is 0.272. The van der Waals surface area contributed by atoms with Crippen molar-refractivity contribution in [2.75, 3.05) is 0 Å². The molecule has 3 aromatic rings. The first-order valence-electron chi connectivity index (χ1n) is 14.3. The lowest BCUT2D eigenvalue weighted by Crippen LogP contribution is -1.93. The number of rotatable bonds is 16. The van der Waals surface area contributed by atoms with Gasteiger partial charge in [0.25, 0.3) is 0 Å². The Labute approximate surface area is 218 Å². The highest BCUT2D eigenvalue weighted by Crippen LogP contribution is 2.30. The Balaban J connectivity index is 1.56. The molecule has 0 fully saturated rings. The van der Waals surface area contributed by atoms with Gasteiger partial charge in [-0.2, -0.15) is 0 Å². The molecule has 0 spiro atoms. The maximum atomic E-state index is 15.0. The predicted octanol–water partition coefficient (Wildman–Crippen LogP) is 11.1. The minimum atomic E-state index is -0.314. The van der Waals surface area contributed by atoms with Gasteiger partial charge in [-0.1, -0.05) is 127 Å². The molecule has 0 amide bonds. The van der Waals surface area contributed by atoms with Crippen molar-refractivity contribution in [3.8, 4) is 22.3 Å². The summed E-state index contributed by atoms with van der Waals surface area (Å²) in [6.45, 7) is 4.46. The molecular weight excluding hydrogens is 446 g/mol. The number of benzene rings is 3. The SMILES string of the molecule is CCCCCCCCCc1ccc(-c2ccc(-c3ccc(CCCCCCC)cc3)c(F)c2)c(F)c1. The summed E-state index contributed by atoms with van der Waals surface area (Å²) < 4.78 is 29.9. The van der Waals surface area contributed by atoms with E-state index in [9.17, 15) is 4.39 Å². The number of hydrogen-bond donors (Lipinski definition) is 0. The van der Waals surface area contributed by atoms with Gasteiger partial charge in [-0.05, 0) is 60.1 Å². The van der Waals surface area contributed by atoms with E-state index in [1.807, 2.05) is 24.3 Å². The molecule has 0 aromatic heterocycles. The van der Waals surface area contributed by atoms with Crippen LogP contribution in [0, 0.1) is 11.6 Å². The molecule has 36 heavy (non-hydrogen) atoms. The van der Waals surface area contributed by atoms with Crippen molar-refractivity contribution in [1.29, 1.82) is 0 Å². The Morgan fingerprint density at radius 2 is 0.889 bits per heavy atom. The molecule has 194 valence electrons. The Morgan fingerprint density at radius 1 is 0.444 bits per heavy atom. The van der Waals surface area contributed by atoms with Crippen LogP contribution < -0.4 is 0 Å². The van der Waals surface area contributed by atoms with Crippen LogP contribution in [-0.4, -0.2) is 0 Å². The van der Waals surface area contributed by atoms with E-state index in [0.29, 0.717) is 16.7 Å². The van der Waals surface area contributed by atoms with E-state index < -0.39 is 0 Å². The standard InChI is InChI=1S/C34H44F2/c1-3-5-7-9-10-12-14-16-28-19-23-32(33(35)25-28)30-22-24-31(34(36)26-30)29-20-17-27(18-21-29)15-13-11-8-6-4-2/h17-26H,3-16H2,1-2H3. The van der Waals surface area contributed by atoms with Crippen LogP contribution in [0.4, 0.5) is 8.78 Å². The molecule has 0 N–H and O–H groups in total. The summed E-state index contributed by atoms with van der Waals surface area (Å²) in [7, 11) is 0. The summed E-state index contributed by atoms with van der Waals surface area (Å²) >= 11 is 0. The average Bonchev–Trinajstić information content (AvgIpc) is 2.88. The van der Waals surface area contributed by atoms with E-state index in [1.165, 1.54) is 82.3 Å². The van der Waals surface area contributed by atoms with Gasteiger partial charge in [0.15, 0.2) is 0 Å². The molecule has 3 rings (SSSR count). The highest BCUT2D eigenvalue weighted by atomic mass is 19.1. The van der Waals surface area contributed by atoms with Crippen molar-refractivity contribution >= 4 is 0 Å². The van der Waals surface area contributed by atoms with Gasteiger partial charge in [0, 0.05) is 11.1 Å². The van der Waals surface area contributed by atoms with Crippen molar-refractivity contribution < 1.29 is 8.78 Å². The van der Waals surface area contributed by atoms with Crippen molar-refractivity contribution in [3.05, 3.63) is 83.4 Å². The molecule has 0 saturated carbocycles. The van der Waals surface area contributed by atoms with Gasteiger partial charge < -0.3 is 0 Å². The minimum Gasteiger partial charge on any atom is -0.206 e. The first-order chi connectivity index (χ1) is 17.6. The van der Waals surface area contributed by atoms with Crippen LogP contribution in [0.5, 0.6) is 0 Å². The van der Waals surface area contributed by atoms with Crippen LogP contribution in [0.3, 0.4) is 0 Å². The zero-order valence-electron chi connectivity index (χ0n) is 22.4. The molecular formula is C34H44F2. The predicted molar refractivity (Wildman–Crippen MR) is 151 cm³/mol. The van der Waals surface area contributed by atoms with Gasteiger partial charge in [0.2, 0.25) is 0 Å². The molecule has 0 nitrogen and oxygen atoms in total. The fourth-order valence-corrected chi connectivity index (χ4v) is 4.93. The highest BCUT2D eigenvalue weighted by molar-refractivity contribution is 5.71. The van der Waals surface area contributed by atoms with Gasteiger partial charge in [0.1, 0.15) is 11.6 Å². The van der Waals surface area contributed by atoms with E-state index in [1.54, 1.807) is 18.2 Å². The third-order valence-electron chi connectivity index (χ3n) is 7.22. The summed E-state index contributed by atoms with van der Waals surface area (Å²) in [4.78, 5) is 0. The fraction of sp³-hybridized carbons (Fsp3) is 0.471. The summed E-state index contributed by atoms with van der Waals surface area (Å²) in [5, 5.41) is 0. The van der Waals surface area contributed by atoms with E-state index in [2.05, 4.69) is 26.0 Å². The van der Waals surface area contributed by atoms with Gasteiger partial charge in [-0.15, -0.1) is 0 Å². The van der Waals surface area contributed by atoms with Crippen LogP contribution >= 0.6 is 0 Å². The fourth-order valence-electron chi connectivity index (χ4n) is 4.93. The maximum Gasteiger partial charge on any atom is 0.131 e. The van der Waals surface area contributed by atoms with E-state index >= 15 is 4.39 Å². The van der Waals surface area contributed by atoms with Crippen molar-refractivity contribution in [3.63, 3.8) is 0 Å². The van der Waals surface area contributed by atoms with E-state index in [0.717, 1.165) is 30.4 Å². The molecule has 0 radical (unpaired) electrons. The molecule has 0 unspecified atom stereocenters. The summed E-state index contributed by atoms with van der Waals surface area (Å²) in [5.41, 5.74) is 4.78. The lowest BCUT2D eigenvalue weighted by molar-refractivity contribution is 0.587. The summed E-state index contributed by atoms with van der Waals surface area (Å²) in [6, 6.07) is 18.7. The van der Waals surface area contributed by atoms with E-state index in [-0.39, 0.29) is 11.6 Å². The highest BCUT2D eigenvalue weighted by Gasteiger charge is 2.11. The number of halogens is 2. The van der Waals surface area contributed by atoms with Crippen molar-refractivity contribution in [2.45, 2.75) is 104 Å². The quantitative estimate of drug-likeness (QED) is 0.175. The molecule has 0 saturated heterocycles. The van der Waals surface area contributed by atoms with Crippen LogP contribution in [0.1, 0.15) is 102 Å². The lowest BCUT2D eigenvalue weighted by Gasteiger charge is -2.10. The summed E-state index contributed by atoms with van der Waals surface area (Å²) in [6.07, 6.45) is 17.0. The zero-order chi connectivity index (χ0) is 25.6. The smallest absolute Gasteiger partial charge is 0.131 e. The van der Waals surface area contributed by atoms with E-state index in [4.69, 9.17) is 0 Å². The van der Waals surface area contributed by atoms with Gasteiger partial charge in [0.05, 0.1) is 0 Å². The zero-order valence-corrected chi connectivity index (χ0v) is 22.4. The Hall–Kier alpha value is -2.48. The molecule has 0 aliphatic carbocycles. The molecule has 0 heterocycles.